The van der Waals surface area contributed by atoms with Gasteiger partial charge in [0.15, 0.2) is 0 Å². The van der Waals surface area contributed by atoms with Crippen molar-refractivity contribution in [1.29, 1.82) is 0 Å². The summed E-state index contributed by atoms with van der Waals surface area (Å²) >= 11 is 1.62. The van der Waals surface area contributed by atoms with E-state index in [1.54, 1.807) is 18.4 Å². The zero-order valence-electron chi connectivity index (χ0n) is 10.9. The van der Waals surface area contributed by atoms with Gasteiger partial charge in [-0.2, -0.15) is 0 Å². The van der Waals surface area contributed by atoms with Crippen LogP contribution in [0.2, 0.25) is 0 Å². The van der Waals surface area contributed by atoms with Crippen LogP contribution in [-0.2, 0) is 22.5 Å². The maximum Gasteiger partial charge on any atom is 0.237 e. The smallest absolute Gasteiger partial charge is 0.237 e. The van der Waals surface area contributed by atoms with Gasteiger partial charge in [0.25, 0.3) is 0 Å². The van der Waals surface area contributed by atoms with E-state index in [4.69, 9.17) is 10.5 Å². The Labute approximate surface area is 112 Å². The molecule has 0 aromatic carbocycles. The first-order valence-corrected chi connectivity index (χ1v) is 6.94. The van der Waals surface area contributed by atoms with E-state index in [1.165, 1.54) is 4.88 Å². The van der Waals surface area contributed by atoms with E-state index in [0.29, 0.717) is 19.6 Å². The van der Waals surface area contributed by atoms with Crippen molar-refractivity contribution in [3.8, 4) is 0 Å². The lowest BCUT2D eigenvalue weighted by Crippen LogP contribution is -2.40. The van der Waals surface area contributed by atoms with Crippen LogP contribution in [0.25, 0.3) is 0 Å². The molecule has 1 heterocycles. The molecule has 1 rings (SSSR count). The Bertz CT molecular complexity index is 368. The van der Waals surface area contributed by atoms with E-state index >= 15 is 0 Å². The van der Waals surface area contributed by atoms with Crippen LogP contribution in [0, 0.1) is 0 Å². The first-order valence-electron chi connectivity index (χ1n) is 6.13. The lowest BCUT2D eigenvalue weighted by atomic mass is 10.1. The topological polar surface area (TPSA) is 77.2 Å². The Kier molecular flexibility index (Phi) is 6.85. The van der Waals surface area contributed by atoms with E-state index in [0.717, 1.165) is 17.8 Å². The average Bonchev–Trinajstić information content (AvgIpc) is 2.84. The van der Waals surface area contributed by atoms with Crippen molar-refractivity contribution in [3.63, 3.8) is 0 Å². The first-order chi connectivity index (χ1) is 8.67. The molecule has 0 aliphatic rings. The van der Waals surface area contributed by atoms with Gasteiger partial charge in [0.1, 0.15) is 5.01 Å². The number of hydrogen-bond donors (Lipinski definition) is 2. The number of carbonyl (C=O) groups excluding carboxylic acids is 1. The molecule has 0 aliphatic carbocycles. The number of nitrogens with two attached hydrogens (primary N) is 1. The number of nitrogens with one attached hydrogen (secondary N) is 1. The minimum absolute atomic E-state index is 0.126. The molecular weight excluding hydrogens is 250 g/mol. The number of aromatic nitrogens is 1. The Balaban J connectivity index is 2.27. The fraction of sp³-hybridized carbons (Fsp3) is 0.667. The largest absolute Gasteiger partial charge is 0.385 e. The highest BCUT2D eigenvalue weighted by Gasteiger charge is 2.13. The number of thiazole rings is 1. The van der Waals surface area contributed by atoms with Crippen molar-refractivity contribution >= 4 is 17.2 Å². The van der Waals surface area contributed by atoms with E-state index in [-0.39, 0.29) is 5.91 Å². The molecule has 1 unspecified atom stereocenters. The molecule has 18 heavy (non-hydrogen) atoms. The van der Waals surface area contributed by atoms with Gasteiger partial charge in [-0.05, 0) is 19.3 Å². The zero-order valence-corrected chi connectivity index (χ0v) is 11.8. The maximum atomic E-state index is 11.7. The predicted molar refractivity (Wildman–Crippen MR) is 72.4 cm³/mol. The molecule has 102 valence electrons. The summed E-state index contributed by atoms with van der Waals surface area (Å²) in [7, 11) is 1.64. The fourth-order valence-corrected chi connectivity index (χ4v) is 2.27. The van der Waals surface area contributed by atoms with Crippen molar-refractivity contribution in [2.75, 3.05) is 13.7 Å². The Morgan fingerprint density at radius 2 is 2.44 bits per heavy atom. The van der Waals surface area contributed by atoms with Crippen molar-refractivity contribution in [2.45, 2.75) is 38.8 Å². The highest BCUT2D eigenvalue weighted by atomic mass is 32.1. The summed E-state index contributed by atoms with van der Waals surface area (Å²) in [4.78, 5) is 17.1. The molecule has 1 atom stereocenters. The minimum Gasteiger partial charge on any atom is -0.385 e. The van der Waals surface area contributed by atoms with Crippen LogP contribution in [0.5, 0.6) is 0 Å². The molecule has 0 fully saturated rings. The van der Waals surface area contributed by atoms with Crippen molar-refractivity contribution in [2.24, 2.45) is 5.73 Å². The molecule has 1 amide bonds. The van der Waals surface area contributed by atoms with Gasteiger partial charge in [-0.3, -0.25) is 4.79 Å². The molecule has 0 saturated carbocycles. The molecule has 0 bridgehead atoms. The summed E-state index contributed by atoms with van der Waals surface area (Å²) in [5.74, 6) is -0.126. The van der Waals surface area contributed by atoms with Crippen LogP contribution < -0.4 is 11.1 Å². The standard InChI is InChI=1S/C12H21N3O2S/c1-3-9-7-14-11(18-9)8-15-12(16)10(13)5-4-6-17-2/h7,10H,3-6,8,13H2,1-2H3,(H,15,16). The second-order valence-electron chi connectivity index (χ2n) is 4.03. The molecule has 3 N–H and O–H groups in total. The van der Waals surface area contributed by atoms with Crippen molar-refractivity contribution < 1.29 is 9.53 Å². The molecule has 0 radical (unpaired) electrons. The summed E-state index contributed by atoms with van der Waals surface area (Å²) in [5, 5.41) is 3.73. The fourth-order valence-electron chi connectivity index (χ4n) is 1.47. The van der Waals surface area contributed by atoms with Gasteiger partial charge in [-0.1, -0.05) is 6.92 Å². The average molecular weight is 271 g/mol. The second kappa shape index (κ2) is 8.18. The monoisotopic (exact) mass is 271 g/mol. The van der Waals surface area contributed by atoms with Crippen LogP contribution in [0.4, 0.5) is 0 Å². The molecule has 1 aromatic rings. The van der Waals surface area contributed by atoms with Gasteiger partial charge in [0.05, 0.1) is 12.6 Å². The SMILES string of the molecule is CCc1cnc(CNC(=O)C(N)CCCOC)s1. The van der Waals surface area contributed by atoms with E-state index < -0.39 is 6.04 Å². The van der Waals surface area contributed by atoms with Crippen LogP contribution >= 0.6 is 11.3 Å². The number of ether oxygens (including phenoxy) is 1. The second-order valence-corrected chi connectivity index (χ2v) is 5.23. The minimum atomic E-state index is -0.467. The third kappa shape index (κ3) is 5.12. The Hall–Kier alpha value is -0.980. The molecule has 0 saturated heterocycles. The molecule has 6 heteroatoms. The van der Waals surface area contributed by atoms with Gasteiger partial charge in [-0.15, -0.1) is 11.3 Å². The third-order valence-electron chi connectivity index (χ3n) is 2.56. The number of nitrogens with zero attached hydrogens (tertiary/aromatic N) is 1. The van der Waals surface area contributed by atoms with Crippen LogP contribution in [0.15, 0.2) is 6.20 Å². The normalized spacial score (nSPS) is 12.4. The quantitative estimate of drug-likeness (QED) is 0.694. The van der Waals surface area contributed by atoms with Crippen LogP contribution in [0.3, 0.4) is 0 Å². The molecule has 0 aliphatic heterocycles. The predicted octanol–water partition coefficient (Wildman–Crippen LogP) is 1.08. The van der Waals surface area contributed by atoms with Gasteiger partial charge in [-0.25, -0.2) is 4.98 Å². The number of amides is 1. The summed E-state index contributed by atoms with van der Waals surface area (Å²) in [6.45, 7) is 3.18. The Morgan fingerprint density at radius 3 is 3.06 bits per heavy atom. The zero-order chi connectivity index (χ0) is 13.4. The van der Waals surface area contributed by atoms with E-state index in [9.17, 15) is 4.79 Å². The van der Waals surface area contributed by atoms with Crippen LogP contribution in [-0.4, -0.2) is 30.6 Å². The van der Waals surface area contributed by atoms with Gasteiger partial charge < -0.3 is 15.8 Å². The molecular formula is C12H21N3O2S. The van der Waals surface area contributed by atoms with E-state index in [1.807, 2.05) is 6.20 Å². The van der Waals surface area contributed by atoms with Gasteiger partial charge >= 0.3 is 0 Å². The number of rotatable bonds is 8. The molecule has 0 spiro atoms. The highest BCUT2D eigenvalue weighted by Crippen LogP contribution is 2.12. The van der Waals surface area contributed by atoms with Gasteiger partial charge in [0.2, 0.25) is 5.91 Å². The summed E-state index contributed by atoms with van der Waals surface area (Å²) in [6.07, 6.45) is 4.26. The summed E-state index contributed by atoms with van der Waals surface area (Å²) in [6, 6.07) is -0.467. The number of hydrogen-bond acceptors (Lipinski definition) is 5. The van der Waals surface area contributed by atoms with Crippen LogP contribution in [0.1, 0.15) is 29.7 Å². The maximum absolute atomic E-state index is 11.7. The third-order valence-corrected chi connectivity index (χ3v) is 3.71. The van der Waals surface area contributed by atoms with Crippen molar-refractivity contribution in [3.05, 3.63) is 16.1 Å². The first kappa shape index (κ1) is 15.1. The lowest BCUT2D eigenvalue weighted by molar-refractivity contribution is -0.122. The number of aryl methyl sites for hydroxylation is 1. The Morgan fingerprint density at radius 1 is 1.67 bits per heavy atom. The summed E-state index contributed by atoms with van der Waals surface area (Å²) in [5.41, 5.74) is 5.77. The lowest BCUT2D eigenvalue weighted by Gasteiger charge is -2.10. The number of carbonyl (C=O) groups is 1. The highest BCUT2D eigenvalue weighted by molar-refractivity contribution is 7.11. The van der Waals surface area contributed by atoms with Gasteiger partial charge in [0, 0.05) is 24.8 Å². The summed E-state index contributed by atoms with van der Waals surface area (Å²) < 4.78 is 4.92. The van der Waals surface area contributed by atoms with Crippen molar-refractivity contribution in [1.82, 2.24) is 10.3 Å². The number of methoxy groups -OCH3 is 1. The molecule has 5 nitrogen and oxygen atoms in total. The van der Waals surface area contributed by atoms with E-state index in [2.05, 4.69) is 17.2 Å². The molecule has 1 aromatic heterocycles.